The molecule has 0 spiro atoms. The van der Waals surface area contributed by atoms with E-state index in [0.717, 1.165) is 95.8 Å². The molecule has 0 N–H and O–H groups in total. The van der Waals surface area contributed by atoms with Gasteiger partial charge in [0.25, 0.3) is 0 Å². The number of pyridine rings is 2. The van der Waals surface area contributed by atoms with Crippen LogP contribution in [-0.2, 0) is 10.8 Å². The third-order valence-corrected chi connectivity index (χ3v) is 12.2. The molecule has 0 aliphatic carbocycles. The zero-order valence-electron chi connectivity index (χ0n) is 35.4. The van der Waals surface area contributed by atoms with Gasteiger partial charge in [-0.3, -0.25) is 4.57 Å². The lowest BCUT2D eigenvalue weighted by atomic mass is 9.85. The predicted molar refractivity (Wildman–Crippen MR) is 252 cm³/mol. The van der Waals surface area contributed by atoms with Crippen LogP contribution >= 0.6 is 0 Å². The first-order valence-electron chi connectivity index (χ1n) is 21.2. The number of hydrogen-bond donors (Lipinski definition) is 0. The van der Waals surface area contributed by atoms with Crippen molar-refractivity contribution in [3.05, 3.63) is 175 Å². The summed E-state index contributed by atoms with van der Waals surface area (Å²) in [6.07, 6.45) is 0. The highest BCUT2D eigenvalue weighted by molar-refractivity contribution is 6.09. The lowest BCUT2D eigenvalue weighted by Crippen LogP contribution is -2.26. The monoisotopic (exact) mass is 793 g/mol. The van der Waals surface area contributed by atoms with Crippen LogP contribution in [-0.4, -0.2) is 21.2 Å². The second-order valence-corrected chi connectivity index (χ2v) is 18.4. The standard InChI is InChI=1S/C55H47N5O/c1-54(2,3)36-29-45-41-20-11-10-19-40(41)44-23-16-22-39(35-17-8-7-9-18-35)53(44)59-34-58(47-25-14-15-26-48(47)59)51-33-38(32-50(57-51)55(4,5)6)61-37-27-28-43-42-21-12-13-24-46(42)60(49(43)31-37)52(30-36)56-45/h7-33H,34H2,1-6H3. The Morgan fingerprint density at radius 1 is 0.475 bits per heavy atom. The zero-order valence-corrected chi connectivity index (χ0v) is 35.4. The van der Waals surface area contributed by atoms with E-state index in [-0.39, 0.29) is 10.8 Å². The summed E-state index contributed by atoms with van der Waals surface area (Å²) in [7, 11) is 0. The van der Waals surface area contributed by atoms with Crippen molar-refractivity contribution in [3.63, 3.8) is 0 Å². The third-order valence-electron chi connectivity index (χ3n) is 12.2. The minimum atomic E-state index is -0.237. The first-order valence-corrected chi connectivity index (χ1v) is 21.2. The quantitative estimate of drug-likeness (QED) is 0.166. The van der Waals surface area contributed by atoms with Crippen LogP contribution in [0.25, 0.3) is 61.1 Å². The van der Waals surface area contributed by atoms with Gasteiger partial charge in [0.15, 0.2) is 0 Å². The smallest absolute Gasteiger partial charge is 0.138 e. The molecule has 9 aromatic rings. The van der Waals surface area contributed by atoms with Crippen molar-refractivity contribution < 1.29 is 4.74 Å². The molecule has 2 aliphatic heterocycles. The molecule has 11 rings (SSSR count). The number of aromatic nitrogens is 3. The van der Waals surface area contributed by atoms with Crippen LogP contribution in [0, 0.1) is 0 Å². The Kier molecular flexibility index (Phi) is 8.27. The van der Waals surface area contributed by atoms with Crippen LogP contribution in [0.2, 0.25) is 0 Å². The van der Waals surface area contributed by atoms with Crippen molar-refractivity contribution in [2.45, 2.75) is 52.4 Å². The van der Waals surface area contributed by atoms with Gasteiger partial charge < -0.3 is 14.5 Å². The molecule has 8 bridgehead atoms. The number of benzene rings is 6. The maximum absolute atomic E-state index is 6.95. The van der Waals surface area contributed by atoms with Crippen molar-refractivity contribution >= 4 is 44.7 Å². The second kappa shape index (κ2) is 13.7. The number of hydrogen-bond acceptors (Lipinski definition) is 5. The first-order chi connectivity index (χ1) is 29.5. The average Bonchev–Trinajstić information content (AvgIpc) is 3.81. The van der Waals surface area contributed by atoms with Gasteiger partial charge in [0.2, 0.25) is 0 Å². The van der Waals surface area contributed by atoms with Gasteiger partial charge in [0.1, 0.15) is 29.8 Å². The predicted octanol–water partition coefficient (Wildman–Crippen LogP) is 14.5. The van der Waals surface area contributed by atoms with E-state index in [0.29, 0.717) is 6.67 Å². The van der Waals surface area contributed by atoms with Crippen LogP contribution in [0.1, 0.15) is 52.8 Å². The Bertz CT molecular complexity index is 3190. The normalized spacial score (nSPS) is 13.4. The van der Waals surface area contributed by atoms with Crippen molar-refractivity contribution in [3.8, 4) is 50.8 Å². The van der Waals surface area contributed by atoms with Crippen molar-refractivity contribution in [1.29, 1.82) is 0 Å². The van der Waals surface area contributed by atoms with E-state index in [2.05, 4.69) is 220 Å². The van der Waals surface area contributed by atoms with Crippen LogP contribution in [0.4, 0.5) is 22.9 Å². The molecular formula is C55H47N5O. The molecule has 5 heterocycles. The Morgan fingerprint density at radius 2 is 1.15 bits per heavy atom. The molecule has 6 heteroatoms. The molecule has 61 heavy (non-hydrogen) atoms. The molecule has 6 nitrogen and oxygen atoms in total. The van der Waals surface area contributed by atoms with Gasteiger partial charge in [-0.15, -0.1) is 0 Å². The number of rotatable bonds is 1. The third kappa shape index (κ3) is 6.16. The fourth-order valence-corrected chi connectivity index (χ4v) is 9.12. The number of fused-ring (bicyclic) bond motifs is 20. The largest absolute Gasteiger partial charge is 0.457 e. The molecule has 298 valence electrons. The van der Waals surface area contributed by atoms with E-state index in [1.807, 2.05) is 0 Å². The van der Waals surface area contributed by atoms with Crippen LogP contribution in [0.15, 0.2) is 164 Å². The maximum atomic E-state index is 6.95. The number of anilines is 4. The summed E-state index contributed by atoms with van der Waals surface area (Å²) in [4.78, 5) is 15.8. The van der Waals surface area contributed by atoms with Gasteiger partial charge in [-0.2, -0.15) is 0 Å². The summed E-state index contributed by atoms with van der Waals surface area (Å²) in [5.41, 5.74) is 13.7. The summed E-state index contributed by atoms with van der Waals surface area (Å²) < 4.78 is 9.27. The summed E-state index contributed by atoms with van der Waals surface area (Å²) >= 11 is 0. The molecule has 0 radical (unpaired) electrons. The highest BCUT2D eigenvalue weighted by Crippen LogP contribution is 2.52. The Labute approximate surface area is 357 Å². The molecule has 0 unspecified atom stereocenters. The summed E-state index contributed by atoms with van der Waals surface area (Å²) in [5, 5.41) is 2.31. The van der Waals surface area contributed by atoms with Crippen molar-refractivity contribution in [1.82, 2.24) is 14.5 Å². The van der Waals surface area contributed by atoms with E-state index in [1.165, 1.54) is 10.9 Å². The Balaban J connectivity index is 1.28. The summed E-state index contributed by atoms with van der Waals surface area (Å²) in [6, 6.07) is 58.8. The number of nitrogens with zero attached hydrogens (tertiary/aromatic N) is 5. The molecule has 0 saturated carbocycles. The zero-order chi connectivity index (χ0) is 41.6. The van der Waals surface area contributed by atoms with E-state index < -0.39 is 0 Å². The lowest BCUT2D eigenvalue weighted by Gasteiger charge is -2.28. The average molecular weight is 794 g/mol. The molecule has 0 saturated heterocycles. The highest BCUT2D eigenvalue weighted by atomic mass is 16.5. The van der Waals surface area contributed by atoms with Gasteiger partial charge in [0.05, 0.1) is 39.5 Å². The highest BCUT2D eigenvalue weighted by Gasteiger charge is 2.34. The summed E-state index contributed by atoms with van der Waals surface area (Å²) in [6.45, 7) is 14.0. The van der Waals surface area contributed by atoms with Crippen molar-refractivity contribution in [2.24, 2.45) is 0 Å². The molecule has 0 atom stereocenters. The Hall–Kier alpha value is -7.18. The molecular weight excluding hydrogens is 747 g/mol. The molecule has 3 aromatic heterocycles. The van der Waals surface area contributed by atoms with Gasteiger partial charge >= 0.3 is 0 Å². The number of ether oxygens (including phenoxy) is 1. The molecule has 0 fully saturated rings. The van der Waals surface area contributed by atoms with E-state index >= 15 is 0 Å². The van der Waals surface area contributed by atoms with Gasteiger partial charge in [-0.1, -0.05) is 145 Å². The summed E-state index contributed by atoms with van der Waals surface area (Å²) in [5.74, 6) is 3.19. The first kappa shape index (κ1) is 36.9. The number of para-hydroxylation sites is 4. The Morgan fingerprint density at radius 3 is 1.93 bits per heavy atom. The van der Waals surface area contributed by atoms with E-state index in [9.17, 15) is 0 Å². The van der Waals surface area contributed by atoms with Gasteiger partial charge in [0, 0.05) is 51.1 Å². The van der Waals surface area contributed by atoms with E-state index in [1.54, 1.807) is 0 Å². The van der Waals surface area contributed by atoms with Crippen molar-refractivity contribution in [2.75, 3.05) is 16.5 Å². The van der Waals surface area contributed by atoms with Gasteiger partial charge in [-0.25, -0.2) is 9.97 Å². The SMILES string of the molecule is CC(C)(C)c1cc2nc(c1)-n1c3ccccc3c3ccc(cc31)Oc1cc(nc(C(C)(C)C)c1)N1CN(c3ccccc31)c1c(-c3ccccc3)cccc1-c1ccccc1-2. The lowest BCUT2D eigenvalue weighted by molar-refractivity contribution is 0.476. The maximum Gasteiger partial charge on any atom is 0.138 e. The topological polar surface area (TPSA) is 46.4 Å². The molecule has 0 amide bonds. The fraction of sp³-hybridized carbons (Fsp3) is 0.164. The van der Waals surface area contributed by atoms with Crippen LogP contribution < -0.4 is 14.5 Å². The van der Waals surface area contributed by atoms with E-state index in [4.69, 9.17) is 14.7 Å². The second-order valence-electron chi connectivity index (χ2n) is 18.4. The molecule has 6 aromatic carbocycles. The minimum Gasteiger partial charge on any atom is -0.457 e. The molecule has 2 aliphatic rings. The minimum absolute atomic E-state index is 0.156. The van der Waals surface area contributed by atoms with Crippen LogP contribution in [0.5, 0.6) is 11.5 Å². The van der Waals surface area contributed by atoms with Crippen LogP contribution in [0.3, 0.4) is 0 Å². The van der Waals surface area contributed by atoms with Gasteiger partial charge in [-0.05, 0) is 64.6 Å². The fourth-order valence-electron chi connectivity index (χ4n) is 9.12.